The molecule has 0 aliphatic rings. The molecule has 8 nitrogen and oxygen atoms in total. The van der Waals surface area contributed by atoms with Gasteiger partial charge in [0.15, 0.2) is 6.10 Å². The van der Waals surface area contributed by atoms with Crippen LogP contribution in [-0.2, 0) is 14.8 Å². The van der Waals surface area contributed by atoms with Crippen LogP contribution >= 0.6 is 0 Å². The lowest BCUT2D eigenvalue weighted by atomic mass is 10.1. The summed E-state index contributed by atoms with van der Waals surface area (Å²) in [7, 11) is -1.20. The lowest BCUT2D eigenvalue weighted by molar-refractivity contribution is 0.0315. The largest absolute Gasteiger partial charge is 0.497 e. The number of nitrogens with two attached hydrogens (primary N) is 1. The van der Waals surface area contributed by atoms with Crippen molar-refractivity contribution in [1.29, 1.82) is 0 Å². The second-order valence-electron chi connectivity index (χ2n) is 5.55. The number of carbonyl (C=O) groups excluding carboxylic acids is 2. The summed E-state index contributed by atoms with van der Waals surface area (Å²) in [6.07, 6.45) is -1.10. The first kappa shape index (κ1) is 20.4. The maximum atomic E-state index is 12.4. The lowest BCUT2D eigenvalue weighted by Crippen LogP contribution is -2.25. The molecule has 27 heavy (non-hydrogen) atoms. The van der Waals surface area contributed by atoms with Crippen LogP contribution in [0.5, 0.6) is 11.5 Å². The number of carbonyl (C=O) groups is 2. The average Bonchev–Trinajstić information content (AvgIpc) is 2.66. The van der Waals surface area contributed by atoms with Gasteiger partial charge in [-0.15, -0.1) is 0 Å². The Balaban J connectivity index is 2.23. The van der Waals surface area contributed by atoms with Crippen molar-refractivity contribution in [3.63, 3.8) is 0 Å². The van der Waals surface area contributed by atoms with E-state index in [4.69, 9.17) is 19.3 Å². The van der Waals surface area contributed by atoms with Gasteiger partial charge in [-0.1, -0.05) is 0 Å². The third-order valence-corrected chi connectivity index (χ3v) is 4.66. The predicted molar refractivity (Wildman–Crippen MR) is 96.6 cm³/mol. The van der Waals surface area contributed by atoms with Gasteiger partial charge in [-0.25, -0.2) is 18.4 Å². The number of benzene rings is 2. The summed E-state index contributed by atoms with van der Waals surface area (Å²) in [5.41, 5.74) is 0.180. The number of esters is 1. The first-order valence-electron chi connectivity index (χ1n) is 7.77. The van der Waals surface area contributed by atoms with Crippen molar-refractivity contribution in [2.24, 2.45) is 5.14 Å². The molecule has 0 fully saturated rings. The Morgan fingerprint density at radius 2 is 1.63 bits per heavy atom. The molecule has 2 aromatic carbocycles. The van der Waals surface area contributed by atoms with E-state index >= 15 is 0 Å². The quantitative estimate of drug-likeness (QED) is 0.562. The third kappa shape index (κ3) is 4.83. The summed E-state index contributed by atoms with van der Waals surface area (Å²) in [4.78, 5) is 24.6. The maximum absolute atomic E-state index is 12.4. The van der Waals surface area contributed by atoms with Gasteiger partial charge in [-0.3, -0.25) is 4.79 Å². The summed E-state index contributed by atoms with van der Waals surface area (Å²) in [5.74, 6) is -0.656. The van der Waals surface area contributed by atoms with E-state index in [2.05, 4.69) is 0 Å². The molecule has 0 heterocycles. The molecule has 2 aromatic rings. The highest BCUT2D eigenvalue weighted by Gasteiger charge is 2.24. The SMILES string of the molecule is COc1ccc(C(=O)[C@@H](C)OC(=O)c2cc(S(N)(=O)=O)ccc2OC)cc1. The Hall–Kier alpha value is -2.91. The zero-order valence-corrected chi connectivity index (χ0v) is 15.8. The molecule has 0 aromatic heterocycles. The van der Waals surface area contributed by atoms with Crippen molar-refractivity contribution in [2.75, 3.05) is 14.2 Å². The predicted octanol–water partition coefficient (Wildman–Crippen LogP) is 1.78. The normalized spacial score (nSPS) is 12.1. The van der Waals surface area contributed by atoms with Crippen molar-refractivity contribution in [3.8, 4) is 11.5 Å². The highest BCUT2D eigenvalue weighted by molar-refractivity contribution is 7.89. The van der Waals surface area contributed by atoms with Crippen molar-refractivity contribution in [1.82, 2.24) is 0 Å². The molecular weight excluding hydrogens is 374 g/mol. The molecule has 9 heteroatoms. The molecule has 2 N–H and O–H groups in total. The van der Waals surface area contributed by atoms with E-state index in [1.54, 1.807) is 24.3 Å². The summed E-state index contributed by atoms with van der Waals surface area (Å²) in [6, 6.07) is 9.85. The molecular formula is C18H19NO7S. The monoisotopic (exact) mass is 393 g/mol. The van der Waals surface area contributed by atoms with Crippen LogP contribution in [0.25, 0.3) is 0 Å². The molecule has 144 valence electrons. The molecule has 0 saturated heterocycles. The van der Waals surface area contributed by atoms with Crippen molar-refractivity contribution in [2.45, 2.75) is 17.9 Å². The minimum Gasteiger partial charge on any atom is -0.497 e. The van der Waals surface area contributed by atoms with Gasteiger partial charge >= 0.3 is 5.97 Å². The molecule has 0 amide bonds. The Labute approximate surface area is 156 Å². The second-order valence-corrected chi connectivity index (χ2v) is 7.11. The van der Waals surface area contributed by atoms with Gasteiger partial charge < -0.3 is 14.2 Å². The van der Waals surface area contributed by atoms with E-state index < -0.39 is 27.9 Å². The fourth-order valence-corrected chi connectivity index (χ4v) is 2.83. The molecule has 0 bridgehead atoms. The Morgan fingerprint density at radius 3 is 2.15 bits per heavy atom. The summed E-state index contributed by atoms with van der Waals surface area (Å²) in [5, 5.41) is 5.08. The first-order valence-corrected chi connectivity index (χ1v) is 9.32. The lowest BCUT2D eigenvalue weighted by Gasteiger charge is -2.14. The number of primary sulfonamides is 1. The van der Waals surface area contributed by atoms with Crippen molar-refractivity contribution < 1.29 is 32.2 Å². The Bertz CT molecular complexity index is 952. The van der Waals surface area contributed by atoms with Crippen LogP contribution < -0.4 is 14.6 Å². The van der Waals surface area contributed by atoms with Gasteiger partial charge in [0.25, 0.3) is 0 Å². The molecule has 0 radical (unpaired) electrons. The molecule has 0 saturated carbocycles. The Kier molecular flexibility index (Phi) is 6.19. The van der Waals surface area contributed by atoms with Crippen LogP contribution in [0.15, 0.2) is 47.4 Å². The second kappa shape index (κ2) is 8.19. The van der Waals surface area contributed by atoms with Crippen LogP contribution in [0.2, 0.25) is 0 Å². The van der Waals surface area contributed by atoms with E-state index in [-0.39, 0.29) is 16.2 Å². The van der Waals surface area contributed by atoms with Gasteiger partial charge in [0.05, 0.1) is 19.1 Å². The zero-order valence-electron chi connectivity index (χ0n) is 15.0. The summed E-state index contributed by atoms with van der Waals surface area (Å²) < 4.78 is 38.3. The third-order valence-electron chi connectivity index (χ3n) is 3.75. The zero-order chi connectivity index (χ0) is 20.2. The number of hydrogen-bond acceptors (Lipinski definition) is 7. The van der Waals surface area contributed by atoms with E-state index in [9.17, 15) is 18.0 Å². The van der Waals surface area contributed by atoms with Crippen LogP contribution in [0.1, 0.15) is 27.6 Å². The smallest absolute Gasteiger partial charge is 0.342 e. The fourth-order valence-electron chi connectivity index (χ4n) is 2.29. The first-order chi connectivity index (χ1) is 12.7. The fraction of sp³-hybridized carbons (Fsp3) is 0.222. The van der Waals surface area contributed by atoms with Crippen LogP contribution in [0, 0.1) is 0 Å². The van der Waals surface area contributed by atoms with Gasteiger partial charge in [-0.05, 0) is 49.4 Å². The number of methoxy groups -OCH3 is 2. The number of sulfonamides is 1. The van der Waals surface area contributed by atoms with Gasteiger partial charge in [0, 0.05) is 5.56 Å². The Morgan fingerprint density at radius 1 is 1.00 bits per heavy atom. The number of hydrogen-bond donors (Lipinski definition) is 1. The number of ketones is 1. The molecule has 2 rings (SSSR count). The molecule has 1 atom stereocenters. The van der Waals surface area contributed by atoms with Gasteiger partial charge in [0.1, 0.15) is 17.1 Å². The highest BCUT2D eigenvalue weighted by atomic mass is 32.2. The summed E-state index contributed by atoms with van der Waals surface area (Å²) in [6.45, 7) is 1.42. The van der Waals surface area contributed by atoms with Crippen molar-refractivity contribution in [3.05, 3.63) is 53.6 Å². The standard InChI is InChI=1S/C18H19NO7S/c1-11(17(20)12-4-6-13(24-2)7-5-12)26-18(21)15-10-14(27(19,22)23)8-9-16(15)25-3/h4-11H,1-3H3,(H2,19,22,23)/t11-/m1/s1. The van der Waals surface area contributed by atoms with E-state index in [1.807, 2.05) is 0 Å². The van der Waals surface area contributed by atoms with Gasteiger partial charge in [-0.2, -0.15) is 0 Å². The van der Waals surface area contributed by atoms with E-state index in [0.717, 1.165) is 6.07 Å². The molecule has 0 spiro atoms. The van der Waals surface area contributed by atoms with Crippen LogP contribution in [-0.4, -0.2) is 40.5 Å². The average molecular weight is 393 g/mol. The minimum absolute atomic E-state index is 0.0940. The van der Waals surface area contributed by atoms with Crippen LogP contribution in [0.3, 0.4) is 0 Å². The van der Waals surface area contributed by atoms with Gasteiger partial charge in [0.2, 0.25) is 15.8 Å². The number of ether oxygens (including phenoxy) is 3. The number of Topliss-reactive ketones (excluding diaryl/α,β-unsaturated/α-hetero) is 1. The van der Waals surface area contributed by atoms with Crippen molar-refractivity contribution >= 4 is 21.8 Å². The maximum Gasteiger partial charge on any atom is 0.342 e. The van der Waals surface area contributed by atoms with Crippen LogP contribution in [0.4, 0.5) is 0 Å². The topological polar surface area (TPSA) is 122 Å². The molecule has 0 aliphatic carbocycles. The number of rotatable bonds is 7. The van der Waals surface area contributed by atoms with E-state index in [0.29, 0.717) is 11.3 Å². The highest BCUT2D eigenvalue weighted by Crippen LogP contribution is 2.24. The van der Waals surface area contributed by atoms with E-state index in [1.165, 1.54) is 33.3 Å². The minimum atomic E-state index is -4.02. The molecule has 0 aliphatic heterocycles. The molecule has 0 unspecified atom stereocenters. The summed E-state index contributed by atoms with van der Waals surface area (Å²) >= 11 is 0.